The van der Waals surface area contributed by atoms with Gasteiger partial charge in [0.15, 0.2) is 0 Å². The summed E-state index contributed by atoms with van der Waals surface area (Å²) >= 11 is 1.58. The molecule has 0 aliphatic carbocycles. The van der Waals surface area contributed by atoms with Crippen LogP contribution in [0.3, 0.4) is 0 Å². The second-order valence-electron chi connectivity index (χ2n) is 6.15. The smallest absolute Gasteiger partial charge is 0.321 e. The van der Waals surface area contributed by atoms with E-state index in [9.17, 15) is 4.79 Å². The van der Waals surface area contributed by atoms with Gasteiger partial charge >= 0.3 is 6.03 Å². The van der Waals surface area contributed by atoms with Crippen LogP contribution in [-0.2, 0) is 4.74 Å². The summed E-state index contributed by atoms with van der Waals surface area (Å²) in [5.41, 5.74) is 4.74. The van der Waals surface area contributed by atoms with Gasteiger partial charge in [-0.2, -0.15) is 0 Å². The van der Waals surface area contributed by atoms with E-state index in [4.69, 9.17) is 4.74 Å². The average Bonchev–Trinajstić information content (AvgIpc) is 3.09. The van der Waals surface area contributed by atoms with E-state index in [1.165, 1.54) is 0 Å². The van der Waals surface area contributed by atoms with Crippen molar-refractivity contribution in [2.75, 3.05) is 25.0 Å². The minimum Gasteiger partial charge on any atom is -0.375 e. The van der Waals surface area contributed by atoms with E-state index >= 15 is 0 Å². The van der Waals surface area contributed by atoms with E-state index in [-0.39, 0.29) is 11.6 Å². The number of carbonyl (C=O) groups is 1. The van der Waals surface area contributed by atoms with Crippen molar-refractivity contribution in [1.29, 1.82) is 0 Å². The number of benzene rings is 1. The number of likely N-dealkylation sites (tertiary alicyclic amines) is 1. The van der Waals surface area contributed by atoms with E-state index in [2.05, 4.69) is 10.3 Å². The van der Waals surface area contributed by atoms with Gasteiger partial charge in [-0.1, -0.05) is 12.1 Å². The van der Waals surface area contributed by atoms with Crippen molar-refractivity contribution < 1.29 is 9.53 Å². The third-order valence-corrected chi connectivity index (χ3v) is 5.38. The number of nitrogens with zero attached hydrogens (tertiary/aromatic N) is 2. The van der Waals surface area contributed by atoms with Gasteiger partial charge in [0.2, 0.25) is 0 Å². The van der Waals surface area contributed by atoms with Crippen LogP contribution in [-0.4, -0.2) is 41.2 Å². The highest BCUT2D eigenvalue weighted by atomic mass is 32.1. The van der Waals surface area contributed by atoms with Gasteiger partial charge in [-0.05, 0) is 31.4 Å². The molecule has 3 heterocycles. The van der Waals surface area contributed by atoms with E-state index in [0.717, 1.165) is 55.9 Å². The SMILES string of the molecule is O=C(Nc1ccc(-c2cscn2)cc1)N1CCC2(CCO2)CC1. The van der Waals surface area contributed by atoms with Crippen molar-refractivity contribution in [2.45, 2.75) is 24.9 Å². The summed E-state index contributed by atoms with van der Waals surface area (Å²) in [7, 11) is 0. The molecule has 1 aromatic carbocycles. The zero-order chi connectivity index (χ0) is 15.7. The van der Waals surface area contributed by atoms with Crippen LogP contribution in [0.1, 0.15) is 19.3 Å². The molecular weight excluding hydrogens is 310 g/mol. The Morgan fingerprint density at radius 2 is 1.96 bits per heavy atom. The van der Waals surface area contributed by atoms with Crippen molar-refractivity contribution in [3.05, 3.63) is 35.2 Å². The van der Waals surface area contributed by atoms with Crippen LogP contribution < -0.4 is 5.32 Å². The number of anilines is 1. The normalized spacial score (nSPS) is 19.4. The monoisotopic (exact) mass is 329 g/mol. The predicted molar refractivity (Wildman–Crippen MR) is 90.7 cm³/mol. The number of hydrogen-bond acceptors (Lipinski definition) is 4. The number of nitrogens with one attached hydrogen (secondary N) is 1. The number of aromatic nitrogens is 1. The first-order valence-electron chi connectivity index (χ1n) is 7.93. The number of thiazole rings is 1. The minimum atomic E-state index is -0.0272. The molecule has 120 valence electrons. The maximum atomic E-state index is 12.4. The summed E-state index contributed by atoms with van der Waals surface area (Å²) in [6.07, 6.45) is 3.03. The molecule has 5 nitrogen and oxygen atoms in total. The van der Waals surface area contributed by atoms with Crippen LogP contribution in [0.2, 0.25) is 0 Å². The number of ether oxygens (including phenoxy) is 1. The van der Waals surface area contributed by atoms with Crippen LogP contribution in [0.15, 0.2) is 35.2 Å². The zero-order valence-corrected chi connectivity index (χ0v) is 13.6. The molecule has 1 spiro atoms. The van der Waals surface area contributed by atoms with Gasteiger partial charge in [-0.15, -0.1) is 11.3 Å². The molecule has 0 radical (unpaired) electrons. The van der Waals surface area contributed by atoms with Crippen LogP contribution in [0.25, 0.3) is 11.3 Å². The molecule has 2 aliphatic heterocycles. The maximum absolute atomic E-state index is 12.4. The highest BCUT2D eigenvalue weighted by Gasteiger charge is 2.41. The number of urea groups is 1. The Morgan fingerprint density at radius 1 is 1.22 bits per heavy atom. The largest absolute Gasteiger partial charge is 0.375 e. The molecule has 2 aromatic rings. The number of rotatable bonds is 2. The number of carbonyl (C=O) groups excluding carboxylic acids is 1. The molecule has 0 saturated carbocycles. The summed E-state index contributed by atoms with van der Waals surface area (Å²) in [6.45, 7) is 2.41. The third kappa shape index (κ3) is 2.96. The topological polar surface area (TPSA) is 54.5 Å². The third-order valence-electron chi connectivity index (χ3n) is 4.79. The first-order chi connectivity index (χ1) is 11.2. The van der Waals surface area contributed by atoms with Crippen molar-refractivity contribution in [1.82, 2.24) is 9.88 Å². The molecule has 2 saturated heterocycles. The Kier molecular flexibility index (Phi) is 3.79. The fourth-order valence-electron chi connectivity index (χ4n) is 3.18. The molecule has 0 atom stereocenters. The maximum Gasteiger partial charge on any atom is 0.321 e. The number of piperidine rings is 1. The van der Waals surface area contributed by atoms with Crippen LogP contribution in [0, 0.1) is 0 Å². The quantitative estimate of drug-likeness (QED) is 0.916. The fraction of sp³-hybridized carbons (Fsp3) is 0.412. The van der Waals surface area contributed by atoms with Crippen LogP contribution >= 0.6 is 11.3 Å². The first-order valence-corrected chi connectivity index (χ1v) is 8.87. The lowest BCUT2D eigenvalue weighted by molar-refractivity contribution is -0.168. The highest BCUT2D eigenvalue weighted by molar-refractivity contribution is 7.07. The lowest BCUT2D eigenvalue weighted by Gasteiger charge is -2.47. The van der Waals surface area contributed by atoms with E-state index < -0.39 is 0 Å². The molecule has 1 aromatic heterocycles. The number of amides is 2. The van der Waals surface area contributed by atoms with Gasteiger partial charge < -0.3 is 15.0 Å². The second-order valence-corrected chi connectivity index (χ2v) is 6.87. The van der Waals surface area contributed by atoms with Gasteiger partial charge in [-0.3, -0.25) is 0 Å². The summed E-state index contributed by atoms with van der Waals surface area (Å²) in [5, 5.41) is 4.99. The first kappa shape index (κ1) is 14.7. The molecule has 6 heteroatoms. The summed E-state index contributed by atoms with van der Waals surface area (Å²) < 4.78 is 5.69. The summed E-state index contributed by atoms with van der Waals surface area (Å²) in [6, 6.07) is 7.79. The van der Waals surface area contributed by atoms with E-state index in [1.807, 2.05) is 40.1 Å². The lowest BCUT2D eigenvalue weighted by Crippen LogP contribution is -2.54. The van der Waals surface area contributed by atoms with Crippen molar-refractivity contribution in [2.24, 2.45) is 0 Å². The van der Waals surface area contributed by atoms with Gasteiger partial charge in [0.05, 0.1) is 23.4 Å². The van der Waals surface area contributed by atoms with E-state index in [1.54, 1.807) is 11.3 Å². The molecule has 4 rings (SSSR count). The van der Waals surface area contributed by atoms with Crippen molar-refractivity contribution in [3.8, 4) is 11.3 Å². The average molecular weight is 329 g/mol. The van der Waals surface area contributed by atoms with Gasteiger partial charge in [-0.25, -0.2) is 9.78 Å². The minimum absolute atomic E-state index is 0.0272. The predicted octanol–water partition coefficient (Wildman–Crippen LogP) is 3.60. The molecule has 0 bridgehead atoms. The Morgan fingerprint density at radius 3 is 2.52 bits per heavy atom. The van der Waals surface area contributed by atoms with Crippen molar-refractivity contribution >= 4 is 23.1 Å². The zero-order valence-electron chi connectivity index (χ0n) is 12.8. The summed E-state index contributed by atoms with van der Waals surface area (Å²) in [4.78, 5) is 18.5. The molecule has 23 heavy (non-hydrogen) atoms. The van der Waals surface area contributed by atoms with E-state index in [0.29, 0.717) is 0 Å². The molecule has 2 amide bonds. The molecule has 2 aliphatic rings. The summed E-state index contributed by atoms with van der Waals surface area (Å²) in [5.74, 6) is 0. The fourth-order valence-corrected chi connectivity index (χ4v) is 3.75. The number of hydrogen-bond donors (Lipinski definition) is 1. The molecular formula is C17H19N3O2S. The Bertz CT molecular complexity index is 670. The van der Waals surface area contributed by atoms with Crippen LogP contribution in [0.4, 0.5) is 10.5 Å². The van der Waals surface area contributed by atoms with Gasteiger partial charge in [0.25, 0.3) is 0 Å². The molecule has 1 N–H and O–H groups in total. The van der Waals surface area contributed by atoms with Gasteiger partial charge in [0, 0.05) is 29.7 Å². The second kappa shape index (κ2) is 5.94. The highest BCUT2D eigenvalue weighted by Crippen LogP contribution is 2.36. The lowest BCUT2D eigenvalue weighted by atomic mass is 9.84. The van der Waals surface area contributed by atoms with Crippen LogP contribution in [0.5, 0.6) is 0 Å². The standard InChI is InChI=1S/C17H19N3O2S/c21-16(20-8-5-17(6-9-20)7-10-22-17)19-14-3-1-13(2-4-14)15-11-23-12-18-15/h1-4,11-12H,5-10H2,(H,19,21). The Balaban J connectivity index is 1.35. The van der Waals surface area contributed by atoms with Crippen molar-refractivity contribution in [3.63, 3.8) is 0 Å². The Labute approximate surface area is 139 Å². The molecule has 0 unspecified atom stereocenters. The van der Waals surface area contributed by atoms with Gasteiger partial charge in [0.1, 0.15) is 0 Å². The molecule has 2 fully saturated rings. The Hall–Kier alpha value is -1.92.